The van der Waals surface area contributed by atoms with Gasteiger partial charge in [-0.2, -0.15) is 0 Å². The molecule has 0 N–H and O–H groups in total. The van der Waals surface area contributed by atoms with E-state index in [2.05, 4.69) is 13.8 Å². The molecule has 220 valence electrons. The van der Waals surface area contributed by atoms with Gasteiger partial charge in [0.05, 0.1) is 23.8 Å². The van der Waals surface area contributed by atoms with Gasteiger partial charge in [-0.3, -0.25) is 19.3 Å². The summed E-state index contributed by atoms with van der Waals surface area (Å²) in [4.78, 5) is 50.7. The second-order valence-electron chi connectivity index (χ2n) is 11.6. The fraction of sp³-hybridized carbons (Fsp3) is 0.469. The Labute approximate surface area is 241 Å². The summed E-state index contributed by atoms with van der Waals surface area (Å²) in [5, 5.41) is 0.945. The number of amides is 2. The molecule has 0 aliphatic carbocycles. The van der Waals surface area contributed by atoms with Crippen LogP contribution in [0.5, 0.6) is 5.75 Å². The Kier molecular flexibility index (Phi) is 9.19. The highest BCUT2D eigenvalue weighted by Gasteiger charge is 2.35. The van der Waals surface area contributed by atoms with Crippen LogP contribution >= 0.6 is 0 Å². The number of methoxy groups -OCH3 is 1. The zero-order valence-corrected chi connectivity index (χ0v) is 24.9. The normalized spacial score (nSPS) is 15.0. The zero-order valence-electron chi connectivity index (χ0n) is 24.9. The molecule has 2 atom stereocenters. The maximum atomic E-state index is 13.0. The summed E-state index contributed by atoms with van der Waals surface area (Å²) in [7, 11) is 1.62. The van der Waals surface area contributed by atoms with E-state index in [4.69, 9.17) is 19.2 Å². The molecule has 0 saturated carbocycles. The molecule has 3 aromatic rings. The average molecular weight is 565 g/mol. The number of benzene rings is 2. The molecule has 1 aliphatic rings. The summed E-state index contributed by atoms with van der Waals surface area (Å²) >= 11 is 0. The quantitative estimate of drug-likeness (QED) is 0.107. The number of imide groups is 1. The molecule has 4 rings (SSSR count). The molecule has 2 amide bonds. The summed E-state index contributed by atoms with van der Waals surface area (Å²) in [5.41, 5.74) is 2.04. The fourth-order valence-electron chi connectivity index (χ4n) is 5.38. The first-order valence-corrected chi connectivity index (χ1v) is 14.0. The predicted molar refractivity (Wildman–Crippen MR) is 155 cm³/mol. The third-order valence-electron chi connectivity index (χ3n) is 7.12. The lowest BCUT2D eigenvalue weighted by Crippen LogP contribution is -2.32. The number of carbonyl (C=O) groups is 3. The highest BCUT2D eigenvalue weighted by Crippen LogP contribution is 2.34. The summed E-state index contributed by atoms with van der Waals surface area (Å²) in [5.74, 6) is 0.118. The molecule has 2 heterocycles. The van der Waals surface area contributed by atoms with E-state index < -0.39 is 11.8 Å². The summed E-state index contributed by atoms with van der Waals surface area (Å²) in [6.07, 6.45) is 2.81. The molecule has 9 heteroatoms. The molecule has 1 aromatic heterocycles. The van der Waals surface area contributed by atoms with E-state index in [1.54, 1.807) is 31.4 Å². The Bertz CT molecular complexity index is 1390. The highest BCUT2D eigenvalue weighted by molar-refractivity contribution is 6.21. The molecule has 0 bridgehead atoms. The van der Waals surface area contributed by atoms with Gasteiger partial charge >= 0.3 is 5.97 Å². The number of fused-ring (bicyclic) bond motifs is 2. The van der Waals surface area contributed by atoms with E-state index in [-0.39, 0.29) is 30.4 Å². The first kappa shape index (κ1) is 30.3. The van der Waals surface area contributed by atoms with Crippen LogP contribution in [0.2, 0.25) is 0 Å². The van der Waals surface area contributed by atoms with Gasteiger partial charge in [0.15, 0.2) is 6.23 Å². The van der Waals surface area contributed by atoms with E-state index in [1.807, 2.05) is 49.7 Å². The van der Waals surface area contributed by atoms with E-state index >= 15 is 0 Å². The summed E-state index contributed by atoms with van der Waals surface area (Å²) < 4.78 is 12.8. The first-order valence-electron chi connectivity index (χ1n) is 14.0. The smallest absolute Gasteiger partial charge is 0.302 e. The van der Waals surface area contributed by atoms with E-state index in [0.717, 1.165) is 16.5 Å². The van der Waals surface area contributed by atoms with E-state index in [1.165, 1.54) is 11.8 Å². The third kappa shape index (κ3) is 6.97. The largest absolute Gasteiger partial charge is 0.497 e. The Morgan fingerprint density at radius 1 is 1.00 bits per heavy atom. The molecule has 9 nitrogen and oxygen atoms in total. The van der Waals surface area contributed by atoms with Crippen molar-refractivity contribution in [1.29, 1.82) is 0 Å². The number of nitrogens with zero attached hydrogens (tertiary/aromatic N) is 2. The van der Waals surface area contributed by atoms with Crippen molar-refractivity contribution in [1.82, 2.24) is 9.47 Å². The van der Waals surface area contributed by atoms with Crippen molar-refractivity contribution in [2.45, 2.75) is 78.7 Å². The van der Waals surface area contributed by atoms with E-state index in [0.29, 0.717) is 42.1 Å². The average Bonchev–Trinajstić information content (AvgIpc) is 3.38. The Balaban J connectivity index is 1.60. The number of hydrogen-bond donors (Lipinski definition) is 0. The molecule has 41 heavy (non-hydrogen) atoms. The van der Waals surface area contributed by atoms with Gasteiger partial charge in [-0.25, -0.2) is 9.78 Å². The van der Waals surface area contributed by atoms with Crippen LogP contribution in [0, 0.1) is 5.92 Å². The van der Waals surface area contributed by atoms with Gasteiger partial charge in [0.2, 0.25) is 0 Å². The van der Waals surface area contributed by atoms with Crippen LogP contribution in [-0.4, -0.2) is 52.6 Å². The standard InChI is InChI=1S/C32H40N2O7/c1-20(2)16-29(40-41-32(5,6)18-21(3)39-22(4)35)34-19-23(27-17-24(38-7)12-13-28(27)34)14-15-33-30(36)25-10-8-9-11-26(25)31(33)37/h8-13,17,19-21,29H,14-16,18H2,1-7H3. The molecule has 0 saturated heterocycles. The molecule has 2 aromatic carbocycles. The maximum Gasteiger partial charge on any atom is 0.302 e. The van der Waals surface area contributed by atoms with Crippen LogP contribution < -0.4 is 4.74 Å². The number of hydrogen-bond acceptors (Lipinski definition) is 7. The maximum absolute atomic E-state index is 13.0. The number of rotatable bonds is 13. The van der Waals surface area contributed by atoms with Crippen molar-refractivity contribution in [3.05, 3.63) is 65.4 Å². The monoisotopic (exact) mass is 564 g/mol. The van der Waals surface area contributed by atoms with Gasteiger partial charge < -0.3 is 14.0 Å². The SMILES string of the molecule is COc1ccc2c(c1)c(CCN1C(=O)c3ccccc3C1=O)cn2C(CC(C)C)OOC(C)(C)CC(C)OC(C)=O. The van der Waals surface area contributed by atoms with Gasteiger partial charge in [0, 0.05) is 31.5 Å². The number of ether oxygens (including phenoxy) is 2. The second kappa shape index (κ2) is 12.4. The van der Waals surface area contributed by atoms with Gasteiger partial charge in [-0.15, -0.1) is 0 Å². The highest BCUT2D eigenvalue weighted by atomic mass is 17.2. The topological polar surface area (TPSA) is 96.3 Å². The van der Waals surface area contributed by atoms with Crippen molar-refractivity contribution in [2.24, 2.45) is 5.92 Å². The third-order valence-corrected chi connectivity index (χ3v) is 7.12. The van der Waals surface area contributed by atoms with Crippen molar-refractivity contribution in [2.75, 3.05) is 13.7 Å². The Morgan fingerprint density at radius 2 is 1.66 bits per heavy atom. The van der Waals surface area contributed by atoms with Crippen LogP contribution in [0.15, 0.2) is 48.7 Å². The summed E-state index contributed by atoms with van der Waals surface area (Å²) in [6.45, 7) is 11.5. The van der Waals surface area contributed by atoms with Crippen molar-refractivity contribution in [3.63, 3.8) is 0 Å². The Morgan fingerprint density at radius 3 is 2.24 bits per heavy atom. The number of carbonyl (C=O) groups excluding carboxylic acids is 3. The van der Waals surface area contributed by atoms with Crippen LogP contribution in [0.1, 0.15) is 86.9 Å². The molecule has 1 aliphatic heterocycles. The fourth-order valence-corrected chi connectivity index (χ4v) is 5.38. The van der Waals surface area contributed by atoms with Gasteiger partial charge in [-0.1, -0.05) is 26.0 Å². The van der Waals surface area contributed by atoms with Gasteiger partial charge in [0.25, 0.3) is 11.8 Å². The number of esters is 1. The molecule has 0 spiro atoms. The van der Waals surface area contributed by atoms with Gasteiger partial charge in [0.1, 0.15) is 17.5 Å². The predicted octanol–water partition coefficient (Wildman–Crippen LogP) is 6.10. The number of aromatic nitrogens is 1. The lowest BCUT2D eigenvalue weighted by Gasteiger charge is -2.30. The lowest BCUT2D eigenvalue weighted by atomic mass is 10.0. The minimum absolute atomic E-state index is 0.246. The second-order valence-corrected chi connectivity index (χ2v) is 11.6. The minimum atomic E-state index is -0.718. The van der Waals surface area contributed by atoms with Crippen LogP contribution in [0.4, 0.5) is 0 Å². The Hall–Kier alpha value is -3.69. The lowest BCUT2D eigenvalue weighted by molar-refractivity contribution is -0.397. The minimum Gasteiger partial charge on any atom is -0.497 e. The van der Waals surface area contributed by atoms with Crippen molar-refractivity contribution < 1.29 is 33.6 Å². The molecule has 0 fully saturated rings. The molecule has 0 radical (unpaired) electrons. The van der Waals surface area contributed by atoms with Crippen LogP contribution in [-0.2, 0) is 25.7 Å². The van der Waals surface area contributed by atoms with Crippen molar-refractivity contribution in [3.8, 4) is 5.75 Å². The summed E-state index contributed by atoms with van der Waals surface area (Å²) in [6, 6.07) is 12.7. The van der Waals surface area contributed by atoms with Crippen LogP contribution in [0.25, 0.3) is 10.9 Å². The van der Waals surface area contributed by atoms with Crippen molar-refractivity contribution >= 4 is 28.7 Å². The first-order chi connectivity index (χ1) is 19.4. The van der Waals surface area contributed by atoms with Crippen LogP contribution in [0.3, 0.4) is 0 Å². The van der Waals surface area contributed by atoms with E-state index in [9.17, 15) is 14.4 Å². The van der Waals surface area contributed by atoms with Gasteiger partial charge in [-0.05, 0) is 75.4 Å². The zero-order chi connectivity index (χ0) is 29.9. The molecule has 2 unspecified atom stereocenters. The molecular weight excluding hydrogens is 524 g/mol. The molecular formula is C32H40N2O7.